The Bertz CT molecular complexity index is 292. The molecule has 1 aliphatic carbocycles. The first kappa shape index (κ1) is 13.8. The molecule has 4 nitrogen and oxygen atoms in total. The highest BCUT2D eigenvalue weighted by Crippen LogP contribution is 2.30. The summed E-state index contributed by atoms with van der Waals surface area (Å²) in [5, 5.41) is 12.9. The fourth-order valence-corrected chi connectivity index (χ4v) is 2.76. The molecule has 2 N–H and O–H groups in total. The van der Waals surface area contributed by atoms with Crippen LogP contribution >= 0.6 is 0 Å². The molecule has 0 aromatic rings. The zero-order valence-corrected chi connectivity index (χ0v) is 11.6. The largest absolute Gasteiger partial charge is 0.480 e. The average Bonchev–Trinajstić information content (AvgIpc) is 3.11. The van der Waals surface area contributed by atoms with E-state index in [0.29, 0.717) is 5.92 Å². The zero-order valence-electron chi connectivity index (χ0n) is 11.6. The van der Waals surface area contributed by atoms with Crippen LogP contribution in [0.25, 0.3) is 0 Å². The molecule has 0 unspecified atom stereocenters. The first-order valence-corrected chi connectivity index (χ1v) is 7.22. The van der Waals surface area contributed by atoms with Crippen molar-refractivity contribution in [2.75, 3.05) is 26.2 Å². The Morgan fingerprint density at radius 2 is 2.00 bits per heavy atom. The molecule has 0 aromatic carbocycles. The highest BCUT2D eigenvalue weighted by Gasteiger charge is 2.42. The van der Waals surface area contributed by atoms with Gasteiger partial charge in [0.2, 0.25) is 0 Å². The van der Waals surface area contributed by atoms with E-state index in [2.05, 4.69) is 24.1 Å². The predicted molar refractivity (Wildman–Crippen MR) is 71.6 cm³/mol. The number of likely N-dealkylation sites (tertiary alicyclic amines) is 1. The van der Waals surface area contributed by atoms with Crippen molar-refractivity contribution in [2.24, 2.45) is 11.8 Å². The summed E-state index contributed by atoms with van der Waals surface area (Å²) < 4.78 is 0. The van der Waals surface area contributed by atoms with Crippen molar-refractivity contribution in [1.82, 2.24) is 10.2 Å². The SMILES string of the molecule is CC(C)CN1CCC(NCC2CC2)(C(=O)O)CC1. The number of aliphatic carboxylic acids is 1. The predicted octanol–water partition coefficient (Wildman–Crippen LogP) is 1.56. The van der Waals surface area contributed by atoms with Crippen molar-refractivity contribution in [3.63, 3.8) is 0 Å². The van der Waals surface area contributed by atoms with Gasteiger partial charge in [-0.25, -0.2) is 0 Å². The number of rotatable bonds is 6. The Balaban J connectivity index is 1.86. The average molecular weight is 254 g/mol. The monoisotopic (exact) mass is 254 g/mol. The lowest BCUT2D eigenvalue weighted by Gasteiger charge is -2.40. The van der Waals surface area contributed by atoms with E-state index in [0.717, 1.165) is 44.9 Å². The van der Waals surface area contributed by atoms with Crippen molar-refractivity contribution < 1.29 is 9.90 Å². The first-order chi connectivity index (χ1) is 8.52. The van der Waals surface area contributed by atoms with Crippen molar-refractivity contribution in [1.29, 1.82) is 0 Å². The van der Waals surface area contributed by atoms with Crippen LogP contribution in [0.15, 0.2) is 0 Å². The van der Waals surface area contributed by atoms with Crippen LogP contribution in [-0.4, -0.2) is 47.7 Å². The Morgan fingerprint density at radius 1 is 1.39 bits per heavy atom. The van der Waals surface area contributed by atoms with Crippen LogP contribution in [0.1, 0.15) is 39.5 Å². The third-order valence-electron chi connectivity index (χ3n) is 4.17. The van der Waals surface area contributed by atoms with Gasteiger partial charge in [0, 0.05) is 19.6 Å². The second-order valence-corrected chi connectivity index (χ2v) is 6.41. The summed E-state index contributed by atoms with van der Waals surface area (Å²) in [6.45, 7) is 8.20. The molecule has 2 aliphatic rings. The lowest BCUT2D eigenvalue weighted by Crippen LogP contribution is -2.59. The number of hydrogen-bond acceptors (Lipinski definition) is 3. The molecule has 0 bridgehead atoms. The zero-order chi connectivity index (χ0) is 13.2. The maximum absolute atomic E-state index is 11.6. The maximum Gasteiger partial charge on any atom is 0.323 e. The standard InChI is InChI=1S/C14H26N2O2/c1-11(2)10-16-7-5-14(6-8-16,13(17)18)15-9-12-3-4-12/h11-12,15H,3-10H2,1-2H3,(H,17,18). The second kappa shape index (κ2) is 5.57. The molecule has 2 rings (SSSR count). The van der Waals surface area contributed by atoms with Crippen LogP contribution in [0.2, 0.25) is 0 Å². The minimum atomic E-state index is -0.660. The summed E-state index contributed by atoms with van der Waals surface area (Å²) in [6, 6.07) is 0. The topological polar surface area (TPSA) is 52.6 Å². The van der Waals surface area contributed by atoms with Crippen molar-refractivity contribution in [2.45, 2.75) is 45.1 Å². The lowest BCUT2D eigenvalue weighted by atomic mass is 9.87. The van der Waals surface area contributed by atoms with E-state index < -0.39 is 11.5 Å². The third kappa shape index (κ3) is 3.45. The van der Waals surface area contributed by atoms with Gasteiger partial charge in [-0.1, -0.05) is 13.8 Å². The maximum atomic E-state index is 11.6. The molecule has 1 heterocycles. The molecule has 0 spiro atoms. The van der Waals surface area contributed by atoms with E-state index in [9.17, 15) is 9.90 Å². The molecule has 18 heavy (non-hydrogen) atoms. The first-order valence-electron chi connectivity index (χ1n) is 7.22. The van der Waals surface area contributed by atoms with Gasteiger partial charge in [-0.2, -0.15) is 0 Å². The van der Waals surface area contributed by atoms with E-state index in [1.807, 2.05) is 0 Å². The quantitative estimate of drug-likeness (QED) is 0.755. The summed E-state index contributed by atoms with van der Waals surface area (Å²) in [4.78, 5) is 14.0. The van der Waals surface area contributed by atoms with Crippen LogP contribution < -0.4 is 5.32 Å². The van der Waals surface area contributed by atoms with Gasteiger partial charge in [0.1, 0.15) is 5.54 Å². The summed E-state index contributed by atoms with van der Waals surface area (Å²) in [5.41, 5.74) is -0.657. The van der Waals surface area contributed by atoms with Gasteiger partial charge >= 0.3 is 5.97 Å². The van der Waals surface area contributed by atoms with Crippen molar-refractivity contribution in [3.05, 3.63) is 0 Å². The molecule has 0 atom stereocenters. The highest BCUT2D eigenvalue weighted by atomic mass is 16.4. The minimum absolute atomic E-state index is 0.654. The Morgan fingerprint density at radius 3 is 2.44 bits per heavy atom. The van der Waals surface area contributed by atoms with Crippen LogP contribution in [0.5, 0.6) is 0 Å². The third-order valence-corrected chi connectivity index (χ3v) is 4.17. The van der Waals surface area contributed by atoms with Gasteiger partial charge in [-0.3, -0.25) is 4.79 Å². The van der Waals surface area contributed by atoms with E-state index in [4.69, 9.17) is 0 Å². The number of hydrogen-bond donors (Lipinski definition) is 2. The molecular weight excluding hydrogens is 228 g/mol. The molecule has 4 heteroatoms. The summed E-state index contributed by atoms with van der Waals surface area (Å²) in [6.07, 6.45) is 4.01. The number of carboxylic acid groups (broad SMARTS) is 1. The minimum Gasteiger partial charge on any atom is -0.480 e. The fraction of sp³-hybridized carbons (Fsp3) is 0.929. The van der Waals surface area contributed by atoms with Gasteiger partial charge < -0.3 is 15.3 Å². The van der Waals surface area contributed by atoms with Crippen molar-refractivity contribution >= 4 is 5.97 Å². The Kier molecular flexibility index (Phi) is 4.28. The number of nitrogens with one attached hydrogen (secondary N) is 1. The second-order valence-electron chi connectivity index (χ2n) is 6.41. The molecule has 1 saturated heterocycles. The summed E-state index contributed by atoms with van der Waals surface area (Å²) in [7, 11) is 0. The fourth-order valence-electron chi connectivity index (χ4n) is 2.76. The Hall–Kier alpha value is -0.610. The van der Waals surface area contributed by atoms with Crippen molar-refractivity contribution in [3.8, 4) is 0 Å². The molecule has 0 amide bonds. The molecular formula is C14H26N2O2. The number of piperidine rings is 1. The normalized spacial score (nSPS) is 24.4. The van der Waals surface area contributed by atoms with E-state index in [-0.39, 0.29) is 0 Å². The number of nitrogens with zero attached hydrogens (tertiary/aromatic N) is 1. The molecule has 104 valence electrons. The highest BCUT2D eigenvalue weighted by molar-refractivity contribution is 5.79. The van der Waals surface area contributed by atoms with E-state index >= 15 is 0 Å². The van der Waals surface area contributed by atoms with Crippen LogP contribution in [0.4, 0.5) is 0 Å². The summed E-state index contributed by atoms with van der Waals surface area (Å²) in [5.74, 6) is 0.726. The van der Waals surface area contributed by atoms with E-state index in [1.165, 1.54) is 12.8 Å². The number of carbonyl (C=O) groups is 1. The Labute approximate surface area is 110 Å². The van der Waals surface area contributed by atoms with Gasteiger partial charge in [0.15, 0.2) is 0 Å². The molecule has 0 aromatic heterocycles. The smallest absolute Gasteiger partial charge is 0.323 e. The molecule has 0 radical (unpaired) electrons. The lowest BCUT2D eigenvalue weighted by molar-refractivity contribution is -0.147. The number of carboxylic acids is 1. The van der Waals surface area contributed by atoms with Crippen LogP contribution in [0.3, 0.4) is 0 Å². The molecule has 1 aliphatic heterocycles. The van der Waals surface area contributed by atoms with E-state index in [1.54, 1.807) is 0 Å². The molecule has 1 saturated carbocycles. The van der Waals surface area contributed by atoms with Crippen LogP contribution in [-0.2, 0) is 4.79 Å². The molecule has 2 fully saturated rings. The van der Waals surface area contributed by atoms with Gasteiger partial charge in [0.05, 0.1) is 0 Å². The van der Waals surface area contributed by atoms with Gasteiger partial charge in [-0.05, 0) is 44.1 Å². The van der Waals surface area contributed by atoms with Crippen LogP contribution in [0, 0.1) is 11.8 Å². The van der Waals surface area contributed by atoms with Gasteiger partial charge in [0.25, 0.3) is 0 Å². The summed E-state index contributed by atoms with van der Waals surface area (Å²) >= 11 is 0. The van der Waals surface area contributed by atoms with Gasteiger partial charge in [-0.15, -0.1) is 0 Å².